The molecule has 1 aliphatic carbocycles. The second kappa shape index (κ2) is 5.74. The van der Waals surface area contributed by atoms with Crippen LogP contribution in [-0.4, -0.2) is 45.0 Å². The predicted molar refractivity (Wildman–Crippen MR) is 86.2 cm³/mol. The molecule has 1 saturated carbocycles. The number of nitrogens with one attached hydrogen (secondary N) is 2. The van der Waals surface area contributed by atoms with Gasteiger partial charge in [-0.1, -0.05) is 6.07 Å². The van der Waals surface area contributed by atoms with E-state index in [1.54, 1.807) is 24.3 Å². The quantitative estimate of drug-likeness (QED) is 0.888. The normalized spacial score (nSPS) is 23.5. The highest BCUT2D eigenvalue weighted by atomic mass is 16.2. The van der Waals surface area contributed by atoms with Gasteiger partial charge in [-0.3, -0.25) is 19.7 Å². The molecular weight excluding hydrogens is 306 g/mol. The highest BCUT2D eigenvalue weighted by Gasteiger charge is 2.40. The van der Waals surface area contributed by atoms with Crippen LogP contribution in [0.4, 0.5) is 0 Å². The summed E-state index contributed by atoms with van der Waals surface area (Å²) in [6.07, 6.45) is 6.00. The van der Waals surface area contributed by atoms with Gasteiger partial charge < -0.3 is 10.2 Å². The third-order valence-corrected chi connectivity index (χ3v) is 4.78. The fourth-order valence-corrected chi connectivity index (χ4v) is 3.30. The number of aromatic amines is 1. The van der Waals surface area contributed by atoms with E-state index >= 15 is 0 Å². The summed E-state index contributed by atoms with van der Waals surface area (Å²) in [5.41, 5.74) is 2.31. The SMILES string of the molecule is CN1C(=O)C[C@@H](NC(=O)c2cc(C3CC3)[nH]n2)[C@@H]1c1cccnc1. The van der Waals surface area contributed by atoms with E-state index < -0.39 is 0 Å². The smallest absolute Gasteiger partial charge is 0.272 e. The van der Waals surface area contributed by atoms with Crippen molar-refractivity contribution in [1.29, 1.82) is 0 Å². The van der Waals surface area contributed by atoms with Crippen LogP contribution in [0.1, 0.15) is 53.0 Å². The second-order valence-electron chi connectivity index (χ2n) is 6.50. The van der Waals surface area contributed by atoms with E-state index in [2.05, 4.69) is 20.5 Å². The lowest BCUT2D eigenvalue weighted by molar-refractivity contribution is -0.127. The van der Waals surface area contributed by atoms with E-state index in [1.165, 1.54) is 0 Å². The van der Waals surface area contributed by atoms with E-state index in [0.29, 0.717) is 11.6 Å². The van der Waals surface area contributed by atoms with Gasteiger partial charge in [-0.05, 0) is 30.5 Å². The molecule has 3 heterocycles. The Kier molecular flexibility index (Phi) is 3.55. The van der Waals surface area contributed by atoms with Crippen molar-refractivity contribution in [2.75, 3.05) is 7.05 Å². The first kappa shape index (κ1) is 14.9. The van der Waals surface area contributed by atoms with Crippen LogP contribution in [0, 0.1) is 0 Å². The molecule has 2 aliphatic rings. The van der Waals surface area contributed by atoms with Crippen LogP contribution in [0.25, 0.3) is 0 Å². The van der Waals surface area contributed by atoms with Crippen LogP contribution in [0.5, 0.6) is 0 Å². The van der Waals surface area contributed by atoms with Crippen molar-refractivity contribution >= 4 is 11.8 Å². The molecule has 1 aliphatic heterocycles. The summed E-state index contributed by atoms with van der Waals surface area (Å²) in [5, 5.41) is 10.0. The largest absolute Gasteiger partial charge is 0.345 e. The molecule has 1 saturated heterocycles. The first-order chi connectivity index (χ1) is 11.6. The number of pyridine rings is 1. The van der Waals surface area contributed by atoms with Gasteiger partial charge in [-0.2, -0.15) is 5.10 Å². The van der Waals surface area contributed by atoms with E-state index in [-0.39, 0.29) is 30.3 Å². The molecule has 7 nitrogen and oxygen atoms in total. The van der Waals surface area contributed by atoms with Crippen LogP contribution in [0.15, 0.2) is 30.6 Å². The molecular formula is C17H19N5O2. The Morgan fingerprint density at radius 2 is 2.25 bits per heavy atom. The van der Waals surface area contributed by atoms with Crippen LogP contribution >= 0.6 is 0 Å². The summed E-state index contributed by atoms with van der Waals surface area (Å²) in [6.45, 7) is 0. The van der Waals surface area contributed by atoms with Gasteiger partial charge in [0.2, 0.25) is 5.91 Å². The Bertz CT molecular complexity index is 768. The standard InChI is InChI=1S/C17H19N5O2/c1-22-15(23)8-13(16(22)11-3-2-6-18-9-11)19-17(24)14-7-12(20-21-14)10-4-5-10/h2-3,6-7,9-10,13,16H,4-5,8H2,1H3,(H,19,24)(H,20,21)/t13-,16+/m1/s1. The van der Waals surface area contributed by atoms with Crippen molar-refractivity contribution in [2.24, 2.45) is 0 Å². The van der Waals surface area contributed by atoms with Gasteiger partial charge in [0, 0.05) is 37.5 Å². The van der Waals surface area contributed by atoms with Gasteiger partial charge in [-0.25, -0.2) is 0 Å². The first-order valence-corrected chi connectivity index (χ1v) is 8.15. The first-order valence-electron chi connectivity index (χ1n) is 8.15. The zero-order chi connectivity index (χ0) is 16.7. The van der Waals surface area contributed by atoms with Crippen LogP contribution < -0.4 is 5.32 Å². The van der Waals surface area contributed by atoms with Gasteiger partial charge in [0.1, 0.15) is 5.69 Å². The number of hydrogen-bond acceptors (Lipinski definition) is 4. The van der Waals surface area contributed by atoms with Crippen LogP contribution in [0.2, 0.25) is 0 Å². The number of carbonyl (C=O) groups excluding carboxylic acids is 2. The van der Waals surface area contributed by atoms with E-state index in [4.69, 9.17) is 0 Å². The summed E-state index contributed by atoms with van der Waals surface area (Å²) in [7, 11) is 1.76. The second-order valence-corrected chi connectivity index (χ2v) is 6.50. The molecule has 2 aromatic heterocycles. The summed E-state index contributed by atoms with van der Waals surface area (Å²) in [6, 6.07) is 5.07. The van der Waals surface area contributed by atoms with Crippen molar-refractivity contribution < 1.29 is 9.59 Å². The number of nitrogens with zero attached hydrogens (tertiary/aromatic N) is 3. The number of aromatic nitrogens is 3. The lowest BCUT2D eigenvalue weighted by Crippen LogP contribution is -2.39. The molecule has 0 spiro atoms. The van der Waals surface area contributed by atoms with Gasteiger partial charge >= 0.3 is 0 Å². The Morgan fingerprint density at radius 3 is 2.96 bits per heavy atom. The molecule has 0 aromatic carbocycles. The number of hydrogen-bond donors (Lipinski definition) is 2. The number of likely N-dealkylation sites (N-methyl/N-ethyl adjacent to an activating group) is 1. The predicted octanol–water partition coefficient (Wildman–Crippen LogP) is 1.38. The maximum absolute atomic E-state index is 12.5. The molecule has 2 fully saturated rings. The Balaban J connectivity index is 1.53. The zero-order valence-corrected chi connectivity index (χ0v) is 13.4. The average molecular weight is 325 g/mol. The number of rotatable bonds is 4. The molecule has 0 bridgehead atoms. The monoisotopic (exact) mass is 325 g/mol. The zero-order valence-electron chi connectivity index (χ0n) is 13.4. The summed E-state index contributed by atoms with van der Waals surface area (Å²) < 4.78 is 0. The molecule has 2 amide bonds. The molecule has 7 heteroatoms. The molecule has 24 heavy (non-hydrogen) atoms. The van der Waals surface area contributed by atoms with Gasteiger partial charge in [0.05, 0.1) is 12.1 Å². The van der Waals surface area contributed by atoms with E-state index in [1.807, 2.05) is 18.2 Å². The van der Waals surface area contributed by atoms with Gasteiger partial charge in [0.25, 0.3) is 5.91 Å². The average Bonchev–Trinajstić information content (AvgIpc) is 3.25. The Morgan fingerprint density at radius 1 is 1.42 bits per heavy atom. The third-order valence-electron chi connectivity index (χ3n) is 4.78. The summed E-state index contributed by atoms with van der Waals surface area (Å²) in [4.78, 5) is 30.4. The van der Waals surface area contributed by atoms with Crippen molar-refractivity contribution in [3.8, 4) is 0 Å². The third kappa shape index (κ3) is 2.66. The van der Waals surface area contributed by atoms with Gasteiger partial charge in [0.15, 0.2) is 0 Å². The molecule has 2 aromatic rings. The molecule has 4 rings (SSSR count). The summed E-state index contributed by atoms with van der Waals surface area (Å²) >= 11 is 0. The molecule has 2 atom stereocenters. The topological polar surface area (TPSA) is 91.0 Å². The number of carbonyl (C=O) groups is 2. The molecule has 0 radical (unpaired) electrons. The van der Waals surface area contributed by atoms with Crippen LogP contribution in [-0.2, 0) is 4.79 Å². The van der Waals surface area contributed by atoms with Crippen molar-refractivity contribution in [3.05, 3.63) is 47.5 Å². The van der Waals surface area contributed by atoms with Crippen molar-refractivity contribution in [1.82, 2.24) is 25.4 Å². The van der Waals surface area contributed by atoms with E-state index in [0.717, 1.165) is 24.1 Å². The Labute approximate surface area is 139 Å². The molecule has 0 unspecified atom stereocenters. The molecule has 124 valence electrons. The number of amides is 2. The van der Waals surface area contributed by atoms with Crippen molar-refractivity contribution in [3.63, 3.8) is 0 Å². The highest BCUT2D eigenvalue weighted by Crippen LogP contribution is 2.39. The maximum atomic E-state index is 12.5. The summed E-state index contributed by atoms with van der Waals surface area (Å²) in [5.74, 6) is 0.274. The van der Waals surface area contributed by atoms with Gasteiger partial charge in [-0.15, -0.1) is 0 Å². The molecule has 2 N–H and O–H groups in total. The minimum absolute atomic E-state index is 0.00912. The van der Waals surface area contributed by atoms with Crippen LogP contribution in [0.3, 0.4) is 0 Å². The lowest BCUT2D eigenvalue weighted by Gasteiger charge is -2.25. The number of likely N-dealkylation sites (tertiary alicyclic amines) is 1. The fourth-order valence-electron chi connectivity index (χ4n) is 3.30. The fraction of sp³-hybridized carbons (Fsp3) is 0.412. The highest BCUT2D eigenvalue weighted by molar-refractivity contribution is 5.93. The Hall–Kier alpha value is -2.70. The number of H-pyrrole nitrogens is 1. The minimum Gasteiger partial charge on any atom is -0.345 e. The van der Waals surface area contributed by atoms with Crippen molar-refractivity contribution in [2.45, 2.75) is 37.3 Å². The maximum Gasteiger partial charge on any atom is 0.272 e. The lowest BCUT2D eigenvalue weighted by atomic mass is 10.0. The minimum atomic E-state index is -0.291. The van der Waals surface area contributed by atoms with E-state index in [9.17, 15) is 9.59 Å².